The van der Waals surface area contributed by atoms with E-state index in [4.69, 9.17) is 0 Å². The van der Waals surface area contributed by atoms with Gasteiger partial charge in [0.1, 0.15) is 6.54 Å². The van der Waals surface area contributed by atoms with Crippen molar-refractivity contribution in [2.45, 2.75) is 98.7 Å². The molecule has 1 unspecified atom stereocenters. The lowest BCUT2D eigenvalue weighted by Crippen LogP contribution is -2.62. The lowest BCUT2D eigenvalue weighted by atomic mass is 9.68. The standard InChI is InChI=1S/C50H55N3/c1-8-37-30-49-40-21-15-14-20-39(40)45(50(9-2,10-3)53(49)33-44(37)38-18-12-11-13-19-38)25-27-51-26-24-35(6)28-47(51)42-31-43-41-22-16-17-23-46(41)52(32-34(4)5)48(43)29-36(42)7/h11-24,26,28-31,33-34,45H,8-10,25,27,32H2,1-7H3/q+2. The van der Waals surface area contributed by atoms with Gasteiger partial charge in [0.05, 0.1) is 5.92 Å². The van der Waals surface area contributed by atoms with Gasteiger partial charge in [-0.15, -0.1) is 0 Å². The number of nitrogens with zero attached hydrogens (tertiary/aromatic N) is 3. The van der Waals surface area contributed by atoms with Crippen LogP contribution < -0.4 is 9.13 Å². The predicted octanol–water partition coefficient (Wildman–Crippen LogP) is 11.9. The molecule has 0 saturated heterocycles. The Morgan fingerprint density at radius 3 is 2.19 bits per heavy atom. The van der Waals surface area contributed by atoms with Gasteiger partial charge in [0.2, 0.25) is 11.4 Å². The van der Waals surface area contributed by atoms with Gasteiger partial charge >= 0.3 is 0 Å². The van der Waals surface area contributed by atoms with Crippen LogP contribution in [0.4, 0.5) is 0 Å². The lowest BCUT2D eigenvalue weighted by molar-refractivity contribution is -0.764. The highest BCUT2D eigenvalue weighted by Crippen LogP contribution is 2.48. The van der Waals surface area contributed by atoms with E-state index < -0.39 is 0 Å². The lowest BCUT2D eigenvalue weighted by Gasteiger charge is -2.40. The largest absolute Gasteiger partial charge is 0.340 e. The first-order valence-corrected chi connectivity index (χ1v) is 20.0. The van der Waals surface area contributed by atoms with Crippen molar-refractivity contribution < 1.29 is 9.13 Å². The maximum atomic E-state index is 2.70. The van der Waals surface area contributed by atoms with E-state index in [9.17, 15) is 0 Å². The van der Waals surface area contributed by atoms with E-state index in [0.29, 0.717) is 11.8 Å². The molecule has 0 spiro atoms. The minimum atomic E-state index is -0.0437. The minimum Gasteiger partial charge on any atom is -0.340 e. The van der Waals surface area contributed by atoms with Crippen molar-refractivity contribution in [1.29, 1.82) is 0 Å². The van der Waals surface area contributed by atoms with Crippen LogP contribution in [0.15, 0.2) is 122 Å². The molecule has 1 atom stereocenters. The highest BCUT2D eigenvalue weighted by atomic mass is 15.1. The Morgan fingerprint density at radius 2 is 1.43 bits per heavy atom. The highest BCUT2D eigenvalue weighted by Gasteiger charge is 2.51. The van der Waals surface area contributed by atoms with Crippen LogP contribution in [0.5, 0.6) is 0 Å². The van der Waals surface area contributed by atoms with Gasteiger partial charge < -0.3 is 4.57 Å². The van der Waals surface area contributed by atoms with Crippen molar-refractivity contribution >= 4 is 21.8 Å². The number of aromatic nitrogens is 3. The first-order valence-electron chi connectivity index (χ1n) is 20.0. The summed E-state index contributed by atoms with van der Waals surface area (Å²) in [5, 5.41) is 2.69. The van der Waals surface area contributed by atoms with Gasteiger partial charge in [-0.05, 0) is 78.3 Å². The molecular weight excluding hydrogens is 643 g/mol. The second-order valence-electron chi connectivity index (χ2n) is 15.9. The van der Waals surface area contributed by atoms with Crippen molar-refractivity contribution in [3.05, 3.63) is 144 Å². The van der Waals surface area contributed by atoms with E-state index in [1.165, 1.54) is 77.7 Å². The molecule has 3 heteroatoms. The van der Waals surface area contributed by atoms with E-state index >= 15 is 0 Å². The summed E-state index contributed by atoms with van der Waals surface area (Å²) in [4.78, 5) is 0. The van der Waals surface area contributed by atoms with E-state index in [1.807, 2.05) is 0 Å². The van der Waals surface area contributed by atoms with Crippen LogP contribution in [-0.2, 0) is 25.0 Å². The summed E-state index contributed by atoms with van der Waals surface area (Å²) < 4.78 is 7.78. The number of aryl methyl sites for hydroxylation is 4. The number of benzene rings is 4. The first-order chi connectivity index (χ1) is 25.8. The Kier molecular flexibility index (Phi) is 9.31. The maximum Gasteiger partial charge on any atom is 0.213 e. The third-order valence-corrected chi connectivity index (χ3v) is 12.4. The van der Waals surface area contributed by atoms with Crippen LogP contribution in [0.3, 0.4) is 0 Å². The average Bonchev–Trinajstić information content (AvgIpc) is 3.47. The second kappa shape index (κ2) is 14.1. The van der Waals surface area contributed by atoms with Crippen LogP contribution in [0.25, 0.3) is 55.4 Å². The smallest absolute Gasteiger partial charge is 0.213 e. The molecule has 3 nitrogen and oxygen atoms in total. The van der Waals surface area contributed by atoms with Crippen LogP contribution in [0.1, 0.15) is 82.1 Å². The quantitative estimate of drug-likeness (QED) is 0.126. The monoisotopic (exact) mass is 697 g/mol. The number of rotatable bonds is 10. The fourth-order valence-electron chi connectivity index (χ4n) is 9.71. The van der Waals surface area contributed by atoms with Gasteiger partial charge in [0, 0.05) is 82.5 Å². The van der Waals surface area contributed by atoms with Gasteiger partial charge in [-0.3, -0.25) is 0 Å². The molecule has 1 aliphatic rings. The molecule has 0 amide bonds. The van der Waals surface area contributed by atoms with Gasteiger partial charge in [-0.2, -0.15) is 9.13 Å². The molecule has 0 fully saturated rings. The second-order valence-corrected chi connectivity index (χ2v) is 15.9. The molecule has 0 saturated carbocycles. The Labute approximate surface area is 316 Å². The zero-order chi connectivity index (χ0) is 36.9. The van der Waals surface area contributed by atoms with Crippen LogP contribution in [-0.4, -0.2) is 4.57 Å². The van der Waals surface area contributed by atoms with Crippen LogP contribution in [0, 0.1) is 19.8 Å². The fraction of sp³-hybridized carbons (Fsp3) is 0.320. The number of hydrogen-bond donors (Lipinski definition) is 0. The van der Waals surface area contributed by atoms with E-state index in [2.05, 4.69) is 184 Å². The summed E-state index contributed by atoms with van der Waals surface area (Å²) in [5.74, 6) is 0.932. The van der Waals surface area contributed by atoms with E-state index in [0.717, 1.165) is 38.8 Å². The Morgan fingerprint density at radius 1 is 0.698 bits per heavy atom. The molecule has 4 heterocycles. The normalized spacial score (nSPS) is 14.9. The Balaban J connectivity index is 1.24. The molecule has 8 rings (SSSR count). The molecular formula is C50H55N3+2. The highest BCUT2D eigenvalue weighted by molar-refractivity contribution is 6.09. The van der Waals surface area contributed by atoms with Crippen molar-refractivity contribution in [3.63, 3.8) is 0 Å². The Hall–Kier alpha value is -5.02. The molecule has 4 aromatic carbocycles. The number of fused-ring (bicyclic) bond motifs is 6. The van der Waals surface area contributed by atoms with Gasteiger partial charge in [0.25, 0.3) is 0 Å². The zero-order valence-corrected chi connectivity index (χ0v) is 32.8. The summed E-state index contributed by atoms with van der Waals surface area (Å²) in [5.41, 5.74) is 16.2. The van der Waals surface area contributed by atoms with Gasteiger partial charge in [-0.1, -0.05) is 101 Å². The molecule has 0 aliphatic carbocycles. The van der Waals surface area contributed by atoms with Crippen molar-refractivity contribution in [2.75, 3.05) is 0 Å². The fourth-order valence-corrected chi connectivity index (χ4v) is 9.71. The third-order valence-electron chi connectivity index (χ3n) is 12.4. The van der Waals surface area contributed by atoms with Crippen molar-refractivity contribution in [1.82, 2.24) is 4.57 Å². The van der Waals surface area contributed by atoms with E-state index in [-0.39, 0.29) is 5.54 Å². The maximum absolute atomic E-state index is 2.70. The van der Waals surface area contributed by atoms with Crippen molar-refractivity contribution in [3.8, 4) is 33.6 Å². The molecule has 0 bridgehead atoms. The van der Waals surface area contributed by atoms with Gasteiger partial charge in [-0.25, -0.2) is 0 Å². The predicted molar refractivity (Wildman–Crippen MR) is 222 cm³/mol. The van der Waals surface area contributed by atoms with Gasteiger partial charge in [0.15, 0.2) is 17.9 Å². The molecule has 3 aromatic heterocycles. The number of pyridine rings is 2. The molecule has 0 radical (unpaired) electrons. The minimum absolute atomic E-state index is 0.0437. The summed E-state index contributed by atoms with van der Waals surface area (Å²) in [6.07, 6.45) is 9.05. The number of hydrogen-bond acceptors (Lipinski definition) is 0. The van der Waals surface area contributed by atoms with E-state index in [1.54, 1.807) is 0 Å². The summed E-state index contributed by atoms with van der Waals surface area (Å²) in [7, 11) is 0. The molecule has 0 N–H and O–H groups in total. The SMILES string of the molecule is CCc1cc2[n+](cc1-c1ccccc1)C(CC)(CC)C(CC[n+]1ccc(C)cc1-c1cc3c4ccccc4n(CC(C)C)c3cc1C)c1ccccc1-2. The summed E-state index contributed by atoms with van der Waals surface area (Å²) in [6.45, 7) is 18.2. The summed E-state index contributed by atoms with van der Waals surface area (Å²) >= 11 is 0. The molecule has 53 heavy (non-hydrogen) atoms. The Bertz CT molecular complexity index is 2440. The first kappa shape index (κ1) is 35.0. The average molecular weight is 698 g/mol. The van der Waals surface area contributed by atoms with Crippen LogP contribution >= 0.6 is 0 Å². The van der Waals surface area contributed by atoms with Crippen LogP contribution in [0.2, 0.25) is 0 Å². The third kappa shape index (κ3) is 5.89. The number of para-hydroxylation sites is 1. The molecule has 7 aromatic rings. The molecule has 268 valence electrons. The molecule has 1 aliphatic heterocycles. The van der Waals surface area contributed by atoms with Crippen molar-refractivity contribution in [2.24, 2.45) is 5.92 Å². The topological polar surface area (TPSA) is 12.7 Å². The summed E-state index contributed by atoms with van der Waals surface area (Å²) in [6, 6.07) is 41.4. The zero-order valence-electron chi connectivity index (χ0n) is 32.8.